The molecule has 0 spiro atoms. The van der Waals surface area contributed by atoms with Gasteiger partial charge in [0.2, 0.25) is 11.7 Å². The van der Waals surface area contributed by atoms with Crippen LogP contribution in [0.25, 0.3) is 22.4 Å². The van der Waals surface area contributed by atoms with Crippen LogP contribution in [0.4, 0.5) is 0 Å². The van der Waals surface area contributed by atoms with E-state index in [-0.39, 0.29) is 18.2 Å². The SMILES string of the molecule is COc1ccc(-c2noc(CN(C)C(=O)c3cc4cccc(OC)c4o3)n2)cc1. The first-order chi connectivity index (χ1) is 14.1. The zero-order valence-electron chi connectivity index (χ0n) is 16.2. The number of benzene rings is 2. The van der Waals surface area contributed by atoms with Crippen LogP contribution < -0.4 is 9.47 Å². The summed E-state index contributed by atoms with van der Waals surface area (Å²) < 4.78 is 21.4. The highest BCUT2D eigenvalue weighted by Gasteiger charge is 2.20. The molecule has 0 aliphatic carbocycles. The van der Waals surface area contributed by atoms with Crippen molar-refractivity contribution in [3.05, 3.63) is 60.2 Å². The van der Waals surface area contributed by atoms with Gasteiger partial charge < -0.3 is 23.3 Å². The van der Waals surface area contributed by atoms with Crippen LogP contribution in [0, 0.1) is 0 Å². The molecule has 1 amide bonds. The number of aromatic nitrogens is 2. The van der Waals surface area contributed by atoms with E-state index in [4.69, 9.17) is 18.4 Å². The van der Waals surface area contributed by atoms with Gasteiger partial charge >= 0.3 is 0 Å². The predicted octanol–water partition coefficient (Wildman–Crippen LogP) is 3.77. The first-order valence-electron chi connectivity index (χ1n) is 8.88. The molecular formula is C21H19N3O5. The first kappa shape index (κ1) is 18.5. The largest absolute Gasteiger partial charge is 0.497 e. The molecule has 8 nitrogen and oxygen atoms in total. The Morgan fingerprint density at radius 3 is 2.62 bits per heavy atom. The lowest BCUT2D eigenvalue weighted by Crippen LogP contribution is -2.25. The van der Waals surface area contributed by atoms with E-state index in [1.807, 2.05) is 36.4 Å². The molecule has 0 saturated carbocycles. The predicted molar refractivity (Wildman–Crippen MR) is 105 cm³/mol. The zero-order chi connectivity index (χ0) is 20.4. The van der Waals surface area contributed by atoms with E-state index in [2.05, 4.69) is 10.1 Å². The van der Waals surface area contributed by atoms with Crippen LogP contribution in [0.3, 0.4) is 0 Å². The highest BCUT2D eigenvalue weighted by Crippen LogP contribution is 2.29. The molecule has 0 radical (unpaired) electrons. The van der Waals surface area contributed by atoms with Gasteiger partial charge in [-0.25, -0.2) is 0 Å². The molecule has 0 N–H and O–H groups in total. The van der Waals surface area contributed by atoms with Crippen molar-refractivity contribution in [2.75, 3.05) is 21.3 Å². The molecule has 4 rings (SSSR count). The fourth-order valence-corrected chi connectivity index (χ4v) is 2.94. The standard InChI is InChI=1S/C21H19N3O5/c1-24(21(25)17-11-14-5-4-6-16(27-3)19(14)28-17)12-18-22-20(23-29-18)13-7-9-15(26-2)10-8-13/h4-11H,12H2,1-3H3. The molecule has 0 saturated heterocycles. The summed E-state index contributed by atoms with van der Waals surface area (Å²) in [5.74, 6) is 1.99. The molecule has 4 aromatic rings. The molecule has 2 aromatic heterocycles. The molecule has 2 aromatic carbocycles. The molecule has 148 valence electrons. The fraction of sp³-hybridized carbons (Fsp3) is 0.190. The van der Waals surface area contributed by atoms with Gasteiger partial charge in [0.25, 0.3) is 5.91 Å². The number of fused-ring (bicyclic) bond motifs is 1. The minimum atomic E-state index is -0.299. The molecule has 0 atom stereocenters. The summed E-state index contributed by atoms with van der Waals surface area (Å²) in [6, 6.07) is 14.5. The van der Waals surface area contributed by atoms with Crippen molar-refractivity contribution in [2.45, 2.75) is 6.54 Å². The third-order valence-electron chi connectivity index (χ3n) is 4.47. The lowest BCUT2D eigenvalue weighted by molar-refractivity contribution is 0.0740. The van der Waals surface area contributed by atoms with Crippen LogP contribution in [-0.2, 0) is 6.54 Å². The maximum Gasteiger partial charge on any atom is 0.289 e. The van der Waals surface area contributed by atoms with Gasteiger partial charge in [-0.1, -0.05) is 17.3 Å². The third kappa shape index (κ3) is 3.64. The van der Waals surface area contributed by atoms with Crippen molar-refractivity contribution < 1.29 is 23.2 Å². The molecule has 2 heterocycles. The van der Waals surface area contributed by atoms with Crippen molar-refractivity contribution >= 4 is 16.9 Å². The number of ether oxygens (including phenoxy) is 2. The van der Waals surface area contributed by atoms with Crippen LogP contribution >= 0.6 is 0 Å². The second-order valence-corrected chi connectivity index (χ2v) is 6.39. The zero-order valence-corrected chi connectivity index (χ0v) is 16.2. The number of para-hydroxylation sites is 1. The van der Waals surface area contributed by atoms with Crippen molar-refractivity contribution in [1.29, 1.82) is 0 Å². The van der Waals surface area contributed by atoms with Gasteiger partial charge in [0, 0.05) is 18.0 Å². The monoisotopic (exact) mass is 393 g/mol. The molecule has 0 aliphatic heterocycles. The minimum absolute atomic E-state index is 0.149. The summed E-state index contributed by atoms with van der Waals surface area (Å²) >= 11 is 0. The topological polar surface area (TPSA) is 90.8 Å². The summed E-state index contributed by atoms with van der Waals surface area (Å²) in [7, 11) is 4.80. The summed E-state index contributed by atoms with van der Waals surface area (Å²) in [5, 5.41) is 4.77. The quantitative estimate of drug-likeness (QED) is 0.492. The van der Waals surface area contributed by atoms with E-state index in [1.165, 1.54) is 4.90 Å². The average Bonchev–Trinajstić information content (AvgIpc) is 3.40. The Morgan fingerprint density at radius 2 is 1.90 bits per heavy atom. The number of carbonyl (C=O) groups is 1. The molecular weight excluding hydrogens is 374 g/mol. The minimum Gasteiger partial charge on any atom is -0.497 e. The average molecular weight is 393 g/mol. The van der Waals surface area contributed by atoms with Crippen molar-refractivity contribution in [2.24, 2.45) is 0 Å². The number of hydrogen-bond acceptors (Lipinski definition) is 7. The fourth-order valence-electron chi connectivity index (χ4n) is 2.94. The number of nitrogens with zero attached hydrogens (tertiary/aromatic N) is 3. The van der Waals surface area contributed by atoms with Gasteiger partial charge in [0.05, 0.1) is 14.2 Å². The number of rotatable bonds is 6. The first-order valence-corrected chi connectivity index (χ1v) is 8.88. The van der Waals surface area contributed by atoms with E-state index in [0.717, 1.165) is 16.7 Å². The second-order valence-electron chi connectivity index (χ2n) is 6.39. The molecule has 0 unspecified atom stereocenters. The number of carbonyl (C=O) groups excluding carboxylic acids is 1. The van der Waals surface area contributed by atoms with Crippen LogP contribution in [0.1, 0.15) is 16.4 Å². The van der Waals surface area contributed by atoms with Crippen molar-refractivity contribution in [3.63, 3.8) is 0 Å². The number of furan rings is 1. The van der Waals surface area contributed by atoms with Gasteiger partial charge in [-0.2, -0.15) is 4.98 Å². The van der Waals surface area contributed by atoms with Crippen molar-refractivity contribution in [1.82, 2.24) is 15.0 Å². The van der Waals surface area contributed by atoms with E-state index in [0.29, 0.717) is 23.0 Å². The maximum atomic E-state index is 12.8. The third-order valence-corrected chi connectivity index (χ3v) is 4.47. The Bertz CT molecular complexity index is 1150. The lowest BCUT2D eigenvalue weighted by atomic mass is 10.2. The Morgan fingerprint density at radius 1 is 1.10 bits per heavy atom. The van der Waals surface area contributed by atoms with Crippen LogP contribution in [0.15, 0.2) is 57.5 Å². The van der Waals surface area contributed by atoms with Crippen LogP contribution in [0.2, 0.25) is 0 Å². The smallest absolute Gasteiger partial charge is 0.289 e. The van der Waals surface area contributed by atoms with Gasteiger partial charge in [-0.3, -0.25) is 4.79 Å². The van der Waals surface area contributed by atoms with Gasteiger partial charge in [-0.15, -0.1) is 0 Å². The molecule has 0 bridgehead atoms. The molecule has 8 heteroatoms. The molecule has 29 heavy (non-hydrogen) atoms. The molecule has 0 fully saturated rings. The van der Waals surface area contributed by atoms with E-state index in [1.54, 1.807) is 33.4 Å². The summed E-state index contributed by atoms with van der Waals surface area (Å²) in [5.41, 5.74) is 1.32. The van der Waals surface area contributed by atoms with Crippen molar-refractivity contribution in [3.8, 4) is 22.9 Å². The maximum absolute atomic E-state index is 12.8. The lowest BCUT2D eigenvalue weighted by Gasteiger charge is -2.12. The number of amides is 1. The number of hydrogen-bond donors (Lipinski definition) is 0. The summed E-state index contributed by atoms with van der Waals surface area (Å²) in [4.78, 5) is 18.6. The Balaban J connectivity index is 1.50. The second kappa shape index (κ2) is 7.67. The summed E-state index contributed by atoms with van der Waals surface area (Å²) in [6.45, 7) is 0.149. The van der Waals surface area contributed by atoms with Gasteiger partial charge in [0.1, 0.15) is 12.3 Å². The highest BCUT2D eigenvalue weighted by molar-refractivity contribution is 5.97. The summed E-state index contributed by atoms with van der Waals surface area (Å²) in [6.07, 6.45) is 0. The van der Waals surface area contributed by atoms with Crippen LogP contribution in [0.5, 0.6) is 11.5 Å². The normalized spacial score (nSPS) is 10.9. The van der Waals surface area contributed by atoms with E-state index < -0.39 is 0 Å². The number of methoxy groups -OCH3 is 2. The van der Waals surface area contributed by atoms with Gasteiger partial charge in [-0.05, 0) is 36.4 Å². The highest BCUT2D eigenvalue weighted by atomic mass is 16.5. The Hall–Kier alpha value is -3.81. The van der Waals surface area contributed by atoms with E-state index in [9.17, 15) is 4.79 Å². The van der Waals surface area contributed by atoms with Gasteiger partial charge in [0.15, 0.2) is 17.1 Å². The Kier molecular flexibility index (Phi) is 4.90. The van der Waals surface area contributed by atoms with E-state index >= 15 is 0 Å². The van der Waals surface area contributed by atoms with Crippen LogP contribution in [-0.4, -0.2) is 42.2 Å². The molecule has 0 aliphatic rings. The Labute approximate surface area is 166 Å².